The molecule has 2 saturated carbocycles. The summed E-state index contributed by atoms with van der Waals surface area (Å²) < 4.78 is 0. The smallest absolute Gasteiger partial charge is 0.0673 e. The topological polar surface area (TPSA) is 0 Å². The van der Waals surface area contributed by atoms with Gasteiger partial charge in [0.25, 0.3) is 0 Å². The quantitative estimate of drug-likeness (QED) is 0.360. The molecule has 2 rings (SSSR count). The van der Waals surface area contributed by atoms with Crippen LogP contribution in [0.15, 0.2) is 0 Å². The van der Waals surface area contributed by atoms with E-state index in [0.717, 1.165) is 0 Å². The fourth-order valence-electron chi connectivity index (χ4n) is 7.10. The molecule has 2 heteroatoms. The van der Waals surface area contributed by atoms with Crippen molar-refractivity contribution in [3.05, 3.63) is 0 Å². The van der Waals surface area contributed by atoms with E-state index in [1.807, 2.05) is 0 Å². The van der Waals surface area contributed by atoms with Crippen LogP contribution in [0.5, 0.6) is 0 Å². The van der Waals surface area contributed by atoms with Crippen molar-refractivity contribution in [1.82, 2.24) is 0 Å². The van der Waals surface area contributed by atoms with Crippen molar-refractivity contribution in [2.45, 2.75) is 204 Å². The third-order valence-corrected chi connectivity index (χ3v) is 9.95. The molecule has 0 aromatic heterocycles. The monoisotopic (exact) mass is 471 g/mol. The lowest BCUT2D eigenvalue weighted by Gasteiger charge is -2.35. The van der Waals surface area contributed by atoms with Crippen LogP contribution in [0.3, 0.4) is 0 Å². The zero-order valence-electron chi connectivity index (χ0n) is 24.2. The van der Waals surface area contributed by atoms with Crippen molar-refractivity contribution in [3.63, 3.8) is 0 Å². The van der Waals surface area contributed by atoms with Crippen LogP contribution in [0.25, 0.3) is 0 Å². The van der Waals surface area contributed by atoms with E-state index in [1.54, 1.807) is 0 Å². The molecule has 0 radical (unpaired) electrons. The zero-order chi connectivity index (χ0) is 24.2. The average molecular weight is 470 g/mol. The molecule has 0 bridgehead atoms. The normalized spacial score (nSPS) is 26.1. The molecule has 0 heterocycles. The highest BCUT2D eigenvalue weighted by Gasteiger charge is 2.31. The van der Waals surface area contributed by atoms with Gasteiger partial charge in [0.2, 0.25) is 0 Å². The summed E-state index contributed by atoms with van der Waals surface area (Å²) in [6.45, 7) is 5.39. The van der Waals surface area contributed by atoms with Gasteiger partial charge in [0.1, 0.15) is 0 Å². The second-order valence-corrected chi connectivity index (χ2v) is 13.6. The fourth-order valence-corrected chi connectivity index (χ4v) is 7.10. The van der Waals surface area contributed by atoms with Crippen molar-refractivity contribution in [2.24, 2.45) is 0 Å². The minimum Gasteiger partial charge on any atom is -0.0673 e. The maximum absolute atomic E-state index is 2.70. The summed E-state index contributed by atoms with van der Waals surface area (Å²) in [5, 5.41) is 1.22. The van der Waals surface area contributed by atoms with Crippen molar-refractivity contribution >= 4 is 14.3 Å². The Hall–Kier alpha value is 0.130. The molecule has 0 aromatic carbocycles. The van der Waals surface area contributed by atoms with Crippen LogP contribution in [-0.2, 0) is 0 Å². The van der Waals surface area contributed by atoms with Crippen LogP contribution < -0.4 is 0 Å². The highest BCUT2D eigenvalue weighted by molar-refractivity contribution is 7.03. The number of hydrogen-bond acceptors (Lipinski definition) is 0. The summed E-state index contributed by atoms with van der Waals surface area (Å²) >= 11 is 0. The van der Waals surface area contributed by atoms with E-state index < -0.39 is 0 Å². The van der Waals surface area contributed by atoms with Crippen LogP contribution in [0, 0.1) is 0 Å². The molecule has 0 atom stereocenters. The summed E-state index contributed by atoms with van der Waals surface area (Å²) in [6.07, 6.45) is 41.9. The van der Waals surface area contributed by atoms with E-state index in [2.05, 4.69) is 13.8 Å². The highest BCUT2D eigenvalue weighted by atomic mass is 14.2. The number of rotatable bonds is 3. The lowest BCUT2D eigenvalue weighted by molar-refractivity contribution is 0.442. The van der Waals surface area contributed by atoms with Crippen molar-refractivity contribution in [2.75, 3.05) is 0 Å². The van der Waals surface area contributed by atoms with E-state index >= 15 is 0 Å². The first-order valence-corrected chi connectivity index (χ1v) is 16.6. The Bertz CT molecular complexity index is 386. The molecule has 0 N–H and O–H groups in total. The Morgan fingerprint density at radius 2 is 0.412 bits per heavy atom. The summed E-state index contributed by atoms with van der Waals surface area (Å²) in [5.74, 6) is 0. The molecule has 34 heavy (non-hydrogen) atoms. The third-order valence-electron chi connectivity index (χ3n) is 9.95. The van der Waals surface area contributed by atoms with Gasteiger partial charge in [-0.25, -0.2) is 0 Å². The zero-order valence-corrected chi connectivity index (χ0v) is 24.2. The third kappa shape index (κ3) is 15.3. The molecule has 2 aliphatic carbocycles. The van der Waals surface area contributed by atoms with Crippen LogP contribution >= 0.6 is 0 Å². The summed E-state index contributed by atoms with van der Waals surface area (Å²) in [4.78, 5) is 0. The van der Waals surface area contributed by atoms with Crippen LogP contribution in [0.1, 0.15) is 194 Å². The van der Waals surface area contributed by atoms with Crippen molar-refractivity contribution in [1.29, 1.82) is 0 Å². The Morgan fingerprint density at radius 1 is 0.265 bits per heavy atom. The van der Waals surface area contributed by atoms with Gasteiger partial charge in [-0.2, -0.15) is 0 Å². The largest absolute Gasteiger partial charge is 0.0948 e. The molecular weight excluding hydrogens is 406 g/mol. The maximum Gasteiger partial charge on any atom is 0.0948 e. The molecule has 0 saturated heterocycles. The fraction of sp³-hybridized carbons (Fsp3) is 1.00. The van der Waals surface area contributed by atoms with E-state index in [4.69, 9.17) is 0 Å². The molecule has 0 aliphatic heterocycles. The van der Waals surface area contributed by atoms with Crippen LogP contribution in [-0.4, -0.2) is 14.3 Å². The highest BCUT2D eigenvalue weighted by Crippen LogP contribution is 2.43. The summed E-state index contributed by atoms with van der Waals surface area (Å²) in [7, 11) is 3.01. The summed E-state index contributed by atoms with van der Waals surface area (Å²) in [5.41, 5.74) is 0. The average Bonchev–Trinajstić information content (AvgIpc) is 2.84. The molecule has 2 aliphatic rings. The summed E-state index contributed by atoms with van der Waals surface area (Å²) in [6, 6.07) is 0. The molecular formula is C32H64B2. The van der Waals surface area contributed by atoms with Crippen LogP contribution in [0.2, 0.25) is 10.6 Å². The predicted octanol–water partition coefficient (Wildman–Crippen LogP) is 11.1. The minimum absolute atomic E-state index is 0.611. The predicted molar refractivity (Wildman–Crippen MR) is 160 cm³/mol. The van der Waals surface area contributed by atoms with Crippen molar-refractivity contribution in [3.8, 4) is 0 Å². The molecule has 0 aromatic rings. The number of hydrogen-bond donors (Lipinski definition) is 0. The minimum atomic E-state index is 0.611. The standard InChI is InChI=1S/C32H64B2/c1-31(27-23-19-15-11-7-3-4-8-12-16-20-24-28-31)33-34-32(2)29-25-21-17-13-9-5-6-10-14-18-22-26-30-32/h33-34H,3-30H2,1-2H3. The van der Waals surface area contributed by atoms with Gasteiger partial charge in [0, 0.05) is 0 Å². The lowest BCUT2D eigenvalue weighted by Crippen LogP contribution is -2.31. The Morgan fingerprint density at radius 3 is 0.588 bits per heavy atom. The maximum atomic E-state index is 2.70. The van der Waals surface area contributed by atoms with Gasteiger partial charge < -0.3 is 0 Å². The van der Waals surface area contributed by atoms with Gasteiger partial charge in [0.05, 0.1) is 14.3 Å². The van der Waals surface area contributed by atoms with Gasteiger partial charge in [-0.1, -0.05) is 204 Å². The molecule has 0 unspecified atom stereocenters. The Kier molecular flexibility index (Phi) is 17.2. The van der Waals surface area contributed by atoms with Gasteiger partial charge >= 0.3 is 0 Å². The molecule has 0 spiro atoms. The Labute approximate surface area is 218 Å². The first kappa shape index (κ1) is 30.4. The lowest BCUT2D eigenvalue weighted by atomic mass is 9.20. The van der Waals surface area contributed by atoms with Gasteiger partial charge in [-0.15, -0.1) is 0 Å². The van der Waals surface area contributed by atoms with E-state index in [-0.39, 0.29) is 0 Å². The van der Waals surface area contributed by atoms with Gasteiger partial charge in [-0.05, 0) is 0 Å². The first-order chi connectivity index (χ1) is 16.6. The molecule has 0 nitrogen and oxygen atoms in total. The van der Waals surface area contributed by atoms with Gasteiger partial charge in [0.15, 0.2) is 0 Å². The molecule has 2 fully saturated rings. The second kappa shape index (κ2) is 19.3. The van der Waals surface area contributed by atoms with E-state index in [1.165, 1.54) is 194 Å². The van der Waals surface area contributed by atoms with E-state index in [0.29, 0.717) is 10.6 Å². The second-order valence-electron chi connectivity index (χ2n) is 13.6. The molecule has 0 amide bonds. The van der Waals surface area contributed by atoms with Crippen LogP contribution in [0.4, 0.5) is 0 Å². The van der Waals surface area contributed by atoms with Crippen molar-refractivity contribution < 1.29 is 0 Å². The Balaban J connectivity index is 1.87. The van der Waals surface area contributed by atoms with E-state index in [9.17, 15) is 0 Å². The molecule has 198 valence electrons. The first-order valence-electron chi connectivity index (χ1n) is 16.6. The SMILES string of the molecule is CC1(BBC2(C)CCCCCCCCCCCCCC2)CCCCCCCCCCCCCC1. The van der Waals surface area contributed by atoms with Gasteiger partial charge in [-0.3, -0.25) is 0 Å².